The van der Waals surface area contributed by atoms with Gasteiger partial charge in [0.1, 0.15) is 12.3 Å². The molecule has 212 valence electrons. The molecule has 2 amide bonds. The van der Waals surface area contributed by atoms with Gasteiger partial charge in [0.15, 0.2) is 0 Å². The molecule has 1 aliphatic heterocycles. The van der Waals surface area contributed by atoms with E-state index >= 15 is 0 Å². The third kappa shape index (κ3) is 6.45. The van der Waals surface area contributed by atoms with Gasteiger partial charge in [-0.15, -0.1) is 0 Å². The van der Waals surface area contributed by atoms with Gasteiger partial charge >= 0.3 is 6.18 Å². The number of nitrogens with one attached hydrogen (secondary N) is 1. The first-order valence-electron chi connectivity index (χ1n) is 13.5. The highest BCUT2D eigenvalue weighted by molar-refractivity contribution is 6.11. The van der Waals surface area contributed by atoms with Crippen molar-refractivity contribution in [2.75, 3.05) is 44.2 Å². The molecular formula is C32H30F3N3O3. The molecule has 0 radical (unpaired) electrons. The van der Waals surface area contributed by atoms with E-state index in [4.69, 9.17) is 4.74 Å². The van der Waals surface area contributed by atoms with Crippen LogP contribution in [0.3, 0.4) is 0 Å². The number of ether oxygens (including phenoxy) is 1. The summed E-state index contributed by atoms with van der Waals surface area (Å²) in [5, 5.41) is 3.76. The molecule has 6 nitrogen and oxygen atoms in total. The third-order valence-corrected chi connectivity index (χ3v) is 7.12. The zero-order chi connectivity index (χ0) is 29.0. The number of carbonyl (C=O) groups excluding carboxylic acids is 2. The number of alkyl halides is 3. The minimum atomic E-state index is -4.46. The van der Waals surface area contributed by atoms with Crippen LogP contribution in [0.15, 0.2) is 84.9 Å². The van der Waals surface area contributed by atoms with Crippen LogP contribution in [0.5, 0.6) is 5.75 Å². The Bertz CT molecular complexity index is 1550. The van der Waals surface area contributed by atoms with Crippen molar-refractivity contribution in [1.29, 1.82) is 0 Å². The van der Waals surface area contributed by atoms with Crippen LogP contribution < -0.4 is 15.0 Å². The van der Waals surface area contributed by atoms with Gasteiger partial charge in [-0.05, 0) is 71.3 Å². The number of benzene rings is 4. The van der Waals surface area contributed by atoms with Crippen molar-refractivity contribution in [2.24, 2.45) is 0 Å². The fraction of sp³-hybridized carbons (Fsp3) is 0.250. The number of carbonyl (C=O) groups is 2. The van der Waals surface area contributed by atoms with Crippen LogP contribution in [0.25, 0.3) is 21.9 Å². The average molecular weight is 562 g/mol. The predicted molar refractivity (Wildman–Crippen MR) is 153 cm³/mol. The SMILES string of the molecule is CCOc1cccc(-c2ccc(C(=O)N3CCN(c4ccc(C(=O)NCC(F)(F)F)cc4)CC3)c3ccccc23)c1. The molecule has 1 heterocycles. The quantitative estimate of drug-likeness (QED) is 0.294. The molecule has 5 rings (SSSR count). The highest BCUT2D eigenvalue weighted by Crippen LogP contribution is 2.33. The summed E-state index contributed by atoms with van der Waals surface area (Å²) in [7, 11) is 0. The van der Waals surface area contributed by atoms with Crippen LogP contribution in [0.4, 0.5) is 18.9 Å². The van der Waals surface area contributed by atoms with Gasteiger partial charge in [-0.3, -0.25) is 9.59 Å². The summed E-state index contributed by atoms with van der Waals surface area (Å²) in [6.45, 7) is 3.36. The fourth-order valence-electron chi connectivity index (χ4n) is 5.10. The summed E-state index contributed by atoms with van der Waals surface area (Å²) in [5.74, 6) is -0.0110. The van der Waals surface area contributed by atoms with Gasteiger partial charge in [0.2, 0.25) is 0 Å². The van der Waals surface area contributed by atoms with Crippen molar-refractivity contribution in [2.45, 2.75) is 13.1 Å². The Morgan fingerprint density at radius 2 is 1.56 bits per heavy atom. The lowest BCUT2D eigenvalue weighted by Crippen LogP contribution is -2.48. The number of piperazine rings is 1. The van der Waals surface area contributed by atoms with Crippen molar-refractivity contribution in [3.63, 3.8) is 0 Å². The normalized spacial score (nSPS) is 13.8. The largest absolute Gasteiger partial charge is 0.494 e. The summed E-state index contributed by atoms with van der Waals surface area (Å²) in [4.78, 5) is 29.6. The zero-order valence-corrected chi connectivity index (χ0v) is 22.6. The van der Waals surface area contributed by atoms with Gasteiger partial charge in [-0.2, -0.15) is 13.2 Å². The van der Waals surface area contributed by atoms with Crippen molar-refractivity contribution in [3.05, 3.63) is 96.1 Å². The summed E-state index contributed by atoms with van der Waals surface area (Å²) < 4.78 is 42.8. The molecule has 0 atom stereocenters. The van der Waals surface area contributed by atoms with Crippen LogP contribution >= 0.6 is 0 Å². The molecule has 0 aromatic heterocycles. The van der Waals surface area contributed by atoms with Crippen molar-refractivity contribution in [1.82, 2.24) is 10.2 Å². The Balaban J connectivity index is 1.27. The Labute approximate surface area is 236 Å². The van der Waals surface area contributed by atoms with Crippen LogP contribution in [0.2, 0.25) is 0 Å². The Morgan fingerprint density at radius 3 is 2.24 bits per heavy atom. The standard InChI is InChI=1S/C32H30F3N3O3/c1-2-41-25-7-5-6-23(20-25)26-14-15-29(28-9-4-3-8-27(26)28)31(40)38-18-16-37(17-19-38)24-12-10-22(11-13-24)30(39)36-21-32(33,34)35/h3-15,20H,2,16-19,21H2,1H3,(H,36,39). The molecule has 1 fully saturated rings. The first-order chi connectivity index (χ1) is 19.7. The fourth-order valence-corrected chi connectivity index (χ4v) is 5.10. The van der Waals surface area contributed by atoms with Crippen LogP contribution in [-0.4, -0.2) is 62.2 Å². The molecule has 1 N–H and O–H groups in total. The Kier molecular flexibility index (Phi) is 8.14. The van der Waals surface area contributed by atoms with Gasteiger partial charge < -0.3 is 19.9 Å². The molecule has 1 saturated heterocycles. The van der Waals surface area contributed by atoms with E-state index in [0.29, 0.717) is 38.3 Å². The average Bonchev–Trinajstić information content (AvgIpc) is 2.99. The summed E-state index contributed by atoms with van der Waals surface area (Å²) in [6.07, 6.45) is -4.46. The number of rotatable bonds is 7. The maximum Gasteiger partial charge on any atom is 0.405 e. The van der Waals surface area contributed by atoms with Crippen molar-refractivity contribution >= 4 is 28.3 Å². The van der Waals surface area contributed by atoms with Gasteiger partial charge in [-0.1, -0.05) is 42.5 Å². The van der Waals surface area contributed by atoms with E-state index in [2.05, 4.69) is 4.90 Å². The lowest BCUT2D eigenvalue weighted by Gasteiger charge is -2.36. The molecule has 0 spiro atoms. The molecule has 4 aromatic rings. The number of nitrogens with zero attached hydrogens (tertiary/aromatic N) is 2. The molecule has 9 heteroatoms. The second-order valence-corrected chi connectivity index (χ2v) is 9.79. The summed E-state index contributed by atoms with van der Waals surface area (Å²) in [6, 6.07) is 26.2. The van der Waals surface area contributed by atoms with Crippen molar-refractivity contribution < 1.29 is 27.5 Å². The smallest absolute Gasteiger partial charge is 0.405 e. The van der Waals surface area contributed by atoms with Crippen LogP contribution in [0.1, 0.15) is 27.6 Å². The number of anilines is 1. The van der Waals surface area contributed by atoms with Crippen LogP contribution in [-0.2, 0) is 0 Å². The molecule has 0 unspecified atom stereocenters. The molecule has 0 bridgehead atoms. The minimum Gasteiger partial charge on any atom is -0.494 e. The minimum absolute atomic E-state index is 0.0350. The van der Waals surface area contributed by atoms with Gasteiger partial charge in [0.05, 0.1) is 6.61 Å². The number of hydrogen-bond donors (Lipinski definition) is 1. The molecular weight excluding hydrogens is 531 g/mol. The first-order valence-corrected chi connectivity index (χ1v) is 13.5. The Hall–Kier alpha value is -4.53. The molecule has 0 saturated carbocycles. The van der Waals surface area contributed by atoms with Gasteiger partial charge in [-0.25, -0.2) is 0 Å². The van der Waals surface area contributed by atoms with Crippen LogP contribution in [0, 0.1) is 0 Å². The highest BCUT2D eigenvalue weighted by Gasteiger charge is 2.28. The monoisotopic (exact) mass is 561 g/mol. The van der Waals surface area contributed by atoms with E-state index in [0.717, 1.165) is 33.3 Å². The zero-order valence-electron chi connectivity index (χ0n) is 22.6. The number of halogens is 3. The number of fused-ring (bicyclic) bond motifs is 1. The highest BCUT2D eigenvalue weighted by atomic mass is 19.4. The van der Waals surface area contributed by atoms with Crippen molar-refractivity contribution in [3.8, 4) is 16.9 Å². The lowest BCUT2D eigenvalue weighted by atomic mass is 9.94. The second-order valence-electron chi connectivity index (χ2n) is 9.79. The predicted octanol–water partition coefficient (Wildman–Crippen LogP) is 6.16. The second kappa shape index (κ2) is 11.9. The van der Waals surface area contributed by atoms with E-state index in [1.807, 2.05) is 77.8 Å². The third-order valence-electron chi connectivity index (χ3n) is 7.12. The maximum absolute atomic E-state index is 13.7. The van der Waals surface area contributed by atoms with E-state index in [1.54, 1.807) is 12.1 Å². The Morgan fingerprint density at radius 1 is 0.854 bits per heavy atom. The molecule has 0 aliphatic carbocycles. The lowest BCUT2D eigenvalue weighted by molar-refractivity contribution is -0.123. The van der Waals surface area contributed by atoms with Gasteiger partial charge in [0, 0.05) is 43.0 Å². The van der Waals surface area contributed by atoms with E-state index in [-0.39, 0.29) is 11.5 Å². The molecule has 1 aliphatic rings. The first kappa shape index (κ1) is 28.0. The maximum atomic E-state index is 13.7. The van der Waals surface area contributed by atoms with Gasteiger partial charge in [0.25, 0.3) is 11.8 Å². The topological polar surface area (TPSA) is 61.9 Å². The van der Waals surface area contributed by atoms with E-state index in [9.17, 15) is 22.8 Å². The number of amides is 2. The molecule has 41 heavy (non-hydrogen) atoms. The summed E-state index contributed by atoms with van der Waals surface area (Å²) in [5.41, 5.74) is 3.69. The van der Waals surface area contributed by atoms with E-state index < -0.39 is 18.6 Å². The molecule has 4 aromatic carbocycles. The van der Waals surface area contributed by atoms with E-state index in [1.165, 1.54) is 12.1 Å². The number of hydrogen-bond acceptors (Lipinski definition) is 4. The summed E-state index contributed by atoms with van der Waals surface area (Å²) >= 11 is 0.